The van der Waals surface area contributed by atoms with Gasteiger partial charge in [-0.05, 0) is 116 Å². The molecule has 0 N–H and O–H groups in total. The van der Waals surface area contributed by atoms with Crippen molar-refractivity contribution in [3.63, 3.8) is 0 Å². The third kappa shape index (κ3) is 7.64. The van der Waals surface area contributed by atoms with Crippen molar-refractivity contribution in [2.75, 3.05) is 4.90 Å². The summed E-state index contributed by atoms with van der Waals surface area (Å²) in [6.07, 6.45) is 10.9. The van der Waals surface area contributed by atoms with Crippen molar-refractivity contribution < 1.29 is 0 Å². The lowest BCUT2D eigenvalue weighted by Gasteiger charge is -2.26. The Morgan fingerprint density at radius 1 is 0.623 bits per heavy atom. The molecule has 0 fully saturated rings. The maximum atomic E-state index is 4.72. The van der Waals surface area contributed by atoms with Crippen LogP contribution in [0.25, 0.3) is 39.4 Å². The van der Waals surface area contributed by atoms with E-state index in [2.05, 4.69) is 200 Å². The second kappa shape index (κ2) is 16.3. The molecule has 1 heterocycles. The summed E-state index contributed by atoms with van der Waals surface area (Å²) in [4.78, 5) is 2.32. The van der Waals surface area contributed by atoms with E-state index in [1.54, 1.807) is 0 Å². The van der Waals surface area contributed by atoms with Gasteiger partial charge in [0.15, 0.2) is 0 Å². The highest BCUT2D eigenvalue weighted by Crippen LogP contribution is 2.41. The highest BCUT2D eigenvalue weighted by Gasteiger charge is 2.22. The van der Waals surface area contributed by atoms with Crippen molar-refractivity contribution in [1.29, 1.82) is 0 Å². The molecule has 8 rings (SSSR count). The number of aromatic nitrogens is 1. The lowest BCUT2D eigenvalue weighted by molar-refractivity contribution is 0.967. The molecule has 0 aliphatic heterocycles. The molecule has 0 bridgehead atoms. The second-order valence-electron chi connectivity index (χ2n) is 13.5. The molecular formula is C51H46N2. The van der Waals surface area contributed by atoms with E-state index >= 15 is 0 Å². The fourth-order valence-electron chi connectivity index (χ4n) is 7.23. The van der Waals surface area contributed by atoms with Gasteiger partial charge in [-0.3, -0.25) is 0 Å². The highest BCUT2D eigenvalue weighted by molar-refractivity contribution is 5.99. The number of allylic oxidation sites excluding steroid dienone is 6. The predicted molar refractivity (Wildman–Crippen MR) is 229 cm³/mol. The SMILES string of the molecule is C=C(C1=C(C)C=CCC1)c1c(/C=C\C)c2ccccc2n1-c1ccc(N(c2ccccc2)c2ccc(-c3ccccc3)cc2)cc1.Cc1ccccc1. The maximum Gasteiger partial charge on any atom is 0.0610 e. The van der Waals surface area contributed by atoms with Crippen LogP contribution < -0.4 is 4.90 Å². The van der Waals surface area contributed by atoms with Crippen LogP contribution in [-0.4, -0.2) is 4.57 Å². The van der Waals surface area contributed by atoms with Crippen LogP contribution in [0.15, 0.2) is 200 Å². The van der Waals surface area contributed by atoms with Crippen LogP contribution in [0.2, 0.25) is 0 Å². The third-order valence-electron chi connectivity index (χ3n) is 9.86. The fourth-order valence-corrected chi connectivity index (χ4v) is 7.23. The number of benzene rings is 6. The summed E-state index contributed by atoms with van der Waals surface area (Å²) in [5.41, 5.74) is 15.5. The number of aryl methyl sites for hydroxylation is 1. The average Bonchev–Trinajstić information content (AvgIpc) is 3.54. The Bertz CT molecular complexity index is 2390. The average molecular weight is 687 g/mol. The lowest BCUT2D eigenvalue weighted by atomic mass is 9.90. The van der Waals surface area contributed by atoms with Gasteiger partial charge in [0.25, 0.3) is 0 Å². The number of hydrogen-bond donors (Lipinski definition) is 0. The topological polar surface area (TPSA) is 8.17 Å². The van der Waals surface area contributed by atoms with E-state index in [1.807, 2.05) is 18.2 Å². The summed E-state index contributed by atoms with van der Waals surface area (Å²) in [6, 6.07) is 57.9. The molecule has 53 heavy (non-hydrogen) atoms. The summed E-state index contributed by atoms with van der Waals surface area (Å²) in [7, 11) is 0. The molecule has 2 heteroatoms. The summed E-state index contributed by atoms with van der Waals surface area (Å²) in [6.45, 7) is 11.1. The summed E-state index contributed by atoms with van der Waals surface area (Å²) in [5.74, 6) is 0. The molecule has 7 aromatic rings. The minimum Gasteiger partial charge on any atom is -0.311 e. The van der Waals surface area contributed by atoms with Gasteiger partial charge in [-0.1, -0.05) is 146 Å². The number of anilines is 3. The Morgan fingerprint density at radius 3 is 1.77 bits per heavy atom. The molecule has 0 saturated carbocycles. The zero-order valence-corrected chi connectivity index (χ0v) is 30.9. The number of fused-ring (bicyclic) bond motifs is 1. The summed E-state index contributed by atoms with van der Waals surface area (Å²) in [5, 5.41) is 1.23. The first-order valence-electron chi connectivity index (χ1n) is 18.5. The zero-order valence-electron chi connectivity index (χ0n) is 30.9. The van der Waals surface area contributed by atoms with Gasteiger partial charge in [-0.2, -0.15) is 0 Å². The molecular weight excluding hydrogens is 641 g/mol. The standard InChI is InChI=1S/C44H38N2.C7H8/c1-4-15-42-41-22-13-14-23-43(41)46(44(42)33(3)40-21-12-11-16-32(40)2)39-30-28-38(29-31-39)45(36-19-9-6-10-20-36)37-26-24-35(25-27-37)34-17-7-5-8-18-34;1-7-5-3-2-4-6-7/h4-11,13-20,22-31H,3,12,21H2,1-2H3;2-6H,1H3/b15-4-;. The minimum absolute atomic E-state index is 1.01. The molecule has 0 atom stereocenters. The quantitative estimate of drug-likeness (QED) is 0.154. The van der Waals surface area contributed by atoms with E-state index in [0.717, 1.165) is 46.9 Å². The zero-order chi connectivity index (χ0) is 36.6. The van der Waals surface area contributed by atoms with Gasteiger partial charge in [0.1, 0.15) is 0 Å². The van der Waals surface area contributed by atoms with E-state index in [9.17, 15) is 0 Å². The van der Waals surface area contributed by atoms with E-state index in [-0.39, 0.29) is 0 Å². The smallest absolute Gasteiger partial charge is 0.0610 e. The van der Waals surface area contributed by atoms with E-state index < -0.39 is 0 Å². The van der Waals surface area contributed by atoms with Crippen LogP contribution in [0.3, 0.4) is 0 Å². The largest absolute Gasteiger partial charge is 0.311 e. The van der Waals surface area contributed by atoms with Crippen molar-refractivity contribution in [2.24, 2.45) is 0 Å². The second-order valence-corrected chi connectivity index (χ2v) is 13.5. The first kappa shape index (κ1) is 35.0. The van der Waals surface area contributed by atoms with Crippen LogP contribution in [0.1, 0.15) is 43.5 Å². The molecule has 2 nitrogen and oxygen atoms in total. The molecule has 0 saturated heterocycles. The van der Waals surface area contributed by atoms with Crippen molar-refractivity contribution in [1.82, 2.24) is 4.57 Å². The van der Waals surface area contributed by atoms with Crippen molar-refractivity contribution in [3.8, 4) is 16.8 Å². The summed E-state index contributed by atoms with van der Waals surface area (Å²) >= 11 is 0. The molecule has 1 aliphatic carbocycles. The monoisotopic (exact) mass is 686 g/mol. The molecule has 0 amide bonds. The minimum atomic E-state index is 1.01. The van der Waals surface area contributed by atoms with Gasteiger partial charge in [-0.15, -0.1) is 0 Å². The Hall–Kier alpha value is -6.38. The van der Waals surface area contributed by atoms with Crippen molar-refractivity contribution in [3.05, 3.63) is 217 Å². The molecule has 1 aliphatic rings. The van der Waals surface area contributed by atoms with E-state index in [0.29, 0.717) is 0 Å². The van der Waals surface area contributed by atoms with E-state index in [4.69, 9.17) is 6.58 Å². The third-order valence-corrected chi connectivity index (χ3v) is 9.86. The first-order chi connectivity index (χ1) is 26.0. The normalized spacial score (nSPS) is 12.5. The van der Waals surface area contributed by atoms with Crippen molar-refractivity contribution in [2.45, 2.75) is 33.6 Å². The lowest BCUT2D eigenvalue weighted by Crippen LogP contribution is -2.10. The van der Waals surface area contributed by atoms with Gasteiger partial charge in [0.2, 0.25) is 0 Å². The number of rotatable bonds is 8. The Labute approximate surface area is 315 Å². The van der Waals surface area contributed by atoms with Gasteiger partial charge >= 0.3 is 0 Å². The predicted octanol–water partition coefficient (Wildman–Crippen LogP) is 14.5. The van der Waals surface area contributed by atoms with Crippen LogP contribution in [0.5, 0.6) is 0 Å². The Kier molecular flexibility index (Phi) is 10.8. The van der Waals surface area contributed by atoms with Crippen LogP contribution >= 0.6 is 0 Å². The molecule has 0 radical (unpaired) electrons. The van der Waals surface area contributed by atoms with Crippen molar-refractivity contribution >= 4 is 39.6 Å². The molecule has 1 aromatic heterocycles. The number of para-hydroxylation sites is 2. The van der Waals surface area contributed by atoms with Crippen LogP contribution in [-0.2, 0) is 0 Å². The molecule has 0 spiro atoms. The molecule has 260 valence electrons. The Balaban J connectivity index is 0.000000559. The van der Waals surface area contributed by atoms with Gasteiger partial charge in [-0.25, -0.2) is 0 Å². The fraction of sp³-hybridized carbons (Fsp3) is 0.0980. The summed E-state index contributed by atoms with van der Waals surface area (Å²) < 4.78 is 2.40. The molecule has 6 aromatic carbocycles. The van der Waals surface area contributed by atoms with Gasteiger partial charge in [0, 0.05) is 33.7 Å². The Morgan fingerprint density at radius 2 is 1.17 bits per heavy atom. The number of nitrogens with zero attached hydrogens (tertiary/aromatic N) is 2. The number of hydrogen-bond acceptors (Lipinski definition) is 1. The molecule has 0 unspecified atom stereocenters. The van der Waals surface area contributed by atoms with Gasteiger partial charge in [0.05, 0.1) is 11.2 Å². The van der Waals surface area contributed by atoms with Crippen LogP contribution in [0, 0.1) is 6.92 Å². The maximum absolute atomic E-state index is 4.72. The first-order valence-corrected chi connectivity index (χ1v) is 18.5. The van der Waals surface area contributed by atoms with Crippen LogP contribution in [0.4, 0.5) is 17.1 Å². The van der Waals surface area contributed by atoms with Gasteiger partial charge < -0.3 is 9.47 Å². The highest BCUT2D eigenvalue weighted by atomic mass is 15.1. The van der Waals surface area contributed by atoms with E-state index in [1.165, 1.54) is 44.3 Å².